The molecule has 0 spiro atoms. The molecule has 0 unspecified atom stereocenters. The molecule has 3 fully saturated rings. The van der Waals surface area contributed by atoms with Crippen molar-refractivity contribution in [2.24, 2.45) is 0 Å². The Morgan fingerprint density at radius 1 is 0.950 bits per heavy atom. The maximum absolute atomic E-state index is 12.3. The molecule has 3 rings (SSSR count). The van der Waals surface area contributed by atoms with Crippen LogP contribution in [-0.4, -0.2) is 85.6 Å². The van der Waals surface area contributed by atoms with Gasteiger partial charge in [-0.2, -0.15) is 0 Å². The largest absolute Gasteiger partial charge is 0.342 e. The van der Waals surface area contributed by atoms with Crippen molar-refractivity contribution in [3.63, 3.8) is 0 Å². The van der Waals surface area contributed by atoms with E-state index in [4.69, 9.17) is 0 Å². The SMILES string of the molecule is O=C(CN1CC(N2CCNCC2)C1)N1CCCCCC1. The zero-order chi connectivity index (χ0) is 13.8. The number of carbonyl (C=O) groups is 1. The van der Waals surface area contributed by atoms with Crippen molar-refractivity contribution in [1.82, 2.24) is 20.0 Å². The molecule has 0 saturated carbocycles. The third-order valence-electron chi connectivity index (χ3n) is 4.92. The normalized spacial score (nSPS) is 27.1. The minimum atomic E-state index is 0.352. The van der Waals surface area contributed by atoms with E-state index in [9.17, 15) is 4.79 Å². The van der Waals surface area contributed by atoms with Crippen LogP contribution in [0.5, 0.6) is 0 Å². The third kappa shape index (κ3) is 3.51. The number of nitrogens with zero attached hydrogens (tertiary/aromatic N) is 3. The van der Waals surface area contributed by atoms with Crippen LogP contribution in [0.4, 0.5) is 0 Å². The van der Waals surface area contributed by atoms with Gasteiger partial charge in [-0.15, -0.1) is 0 Å². The second kappa shape index (κ2) is 6.87. The number of hydrogen-bond donors (Lipinski definition) is 1. The molecular weight excluding hydrogens is 252 g/mol. The fourth-order valence-electron chi connectivity index (χ4n) is 3.56. The van der Waals surface area contributed by atoms with Gasteiger partial charge < -0.3 is 10.2 Å². The smallest absolute Gasteiger partial charge is 0.236 e. The number of piperazine rings is 1. The van der Waals surface area contributed by atoms with E-state index in [-0.39, 0.29) is 0 Å². The Morgan fingerprint density at radius 3 is 2.25 bits per heavy atom. The summed E-state index contributed by atoms with van der Waals surface area (Å²) in [5, 5.41) is 3.39. The Kier molecular flexibility index (Phi) is 4.91. The van der Waals surface area contributed by atoms with Crippen molar-refractivity contribution < 1.29 is 4.79 Å². The van der Waals surface area contributed by atoms with Gasteiger partial charge in [-0.1, -0.05) is 12.8 Å². The highest BCUT2D eigenvalue weighted by molar-refractivity contribution is 5.78. The first-order valence-corrected chi connectivity index (χ1v) is 8.28. The molecule has 0 aromatic heterocycles. The van der Waals surface area contributed by atoms with Crippen molar-refractivity contribution in [3.05, 3.63) is 0 Å². The zero-order valence-electron chi connectivity index (χ0n) is 12.5. The summed E-state index contributed by atoms with van der Waals surface area (Å²) in [5.74, 6) is 0.352. The lowest BCUT2D eigenvalue weighted by Gasteiger charge is -2.46. The van der Waals surface area contributed by atoms with Gasteiger partial charge in [-0.25, -0.2) is 0 Å². The molecule has 0 aromatic carbocycles. The van der Waals surface area contributed by atoms with Gasteiger partial charge in [0.05, 0.1) is 6.54 Å². The number of likely N-dealkylation sites (tertiary alicyclic amines) is 2. The van der Waals surface area contributed by atoms with Gasteiger partial charge >= 0.3 is 0 Å². The summed E-state index contributed by atoms with van der Waals surface area (Å²) < 4.78 is 0. The Hall–Kier alpha value is -0.650. The average molecular weight is 280 g/mol. The summed E-state index contributed by atoms with van der Waals surface area (Å²) in [7, 11) is 0. The highest BCUT2D eigenvalue weighted by atomic mass is 16.2. The number of rotatable bonds is 3. The summed E-state index contributed by atoms with van der Waals surface area (Å²) in [6.07, 6.45) is 4.96. The molecule has 0 atom stereocenters. The first kappa shape index (κ1) is 14.3. The van der Waals surface area contributed by atoms with Crippen LogP contribution in [0, 0.1) is 0 Å². The number of carbonyl (C=O) groups excluding carboxylic acids is 1. The summed E-state index contributed by atoms with van der Waals surface area (Å²) in [6.45, 7) is 9.33. The van der Waals surface area contributed by atoms with Gasteiger partial charge in [0.1, 0.15) is 0 Å². The fourth-order valence-corrected chi connectivity index (χ4v) is 3.56. The Balaban J connectivity index is 1.38. The summed E-state index contributed by atoms with van der Waals surface area (Å²) in [6, 6.07) is 0.689. The molecule has 0 aromatic rings. The predicted octanol–water partition coefficient (Wildman–Crippen LogP) is -0.0216. The fraction of sp³-hybridized carbons (Fsp3) is 0.933. The lowest BCUT2D eigenvalue weighted by atomic mass is 10.1. The Labute approximate surface area is 122 Å². The van der Waals surface area contributed by atoms with E-state index in [1.807, 2.05) is 0 Å². The molecule has 0 aliphatic carbocycles. The molecule has 0 bridgehead atoms. The number of nitrogens with one attached hydrogen (secondary N) is 1. The highest BCUT2D eigenvalue weighted by Gasteiger charge is 2.33. The maximum Gasteiger partial charge on any atom is 0.236 e. The Morgan fingerprint density at radius 2 is 1.60 bits per heavy atom. The molecule has 3 heterocycles. The van der Waals surface area contributed by atoms with Crippen molar-refractivity contribution >= 4 is 5.91 Å². The zero-order valence-corrected chi connectivity index (χ0v) is 12.5. The molecule has 0 radical (unpaired) electrons. The van der Waals surface area contributed by atoms with Crippen LogP contribution in [0.2, 0.25) is 0 Å². The average Bonchev–Trinajstić information content (AvgIpc) is 2.72. The van der Waals surface area contributed by atoms with Crippen LogP contribution >= 0.6 is 0 Å². The second-order valence-corrected chi connectivity index (χ2v) is 6.43. The van der Waals surface area contributed by atoms with Crippen LogP contribution in [0.25, 0.3) is 0 Å². The molecule has 3 aliphatic heterocycles. The summed E-state index contributed by atoms with van der Waals surface area (Å²) in [4.78, 5) is 19.3. The van der Waals surface area contributed by atoms with Crippen LogP contribution in [0.3, 0.4) is 0 Å². The van der Waals surface area contributed by atoms with Crippen molar-refractivity contribution in [2.75, 3.05) is 58.9 Å². The van der Waals surface area contributed by atoms with E-state index in [1.54, 1.807) is 0 Å². The van der Waals surface area contributed by atoms with E-state index < -0.39 is 0 Å². The van der Waals surface area contributed by atoms with Gasteiger partial charge in [0.25, 0.3) is 0 Å². The predicted molar refractivity (Wildman–Crippen MR) is 79.7 cm³/mol. The minimum Gasteiger partial charge on any atom is -0.342 e. The third-order valence-corrected chi connectivity index (χ3v) is 4.92. The molecule has 5 nitrogen and oxygen atoms in total. The molecule has 5 heteroatoms. The standard InChI is InChI=1S/C15H28N4O/c20-15(19-7-3-1-2-4-8-19)13-17-11-14(12-17)18-9-5-16-6-10-18/h14,16H,1-13H2. The first-order valence-electron chi connectivity index (χ1n) is 8.28. The second-order valence-electron chi connectivity index (χ2n) is 6.43. The van der Waals surface area contributed by atoms with E-state index in [0.717, 1.165) is 39.3 Å². The topological polar surface area (TPSA) is 38.8 Å². The van der Waals surface area contributed by atoms with E-state index in [1.165, 1.54) is 38.8 Å². The van der Waals surface area contributed by atoms with Crippen LogP contribution in [-0.2, 0) is 4.79 Å². The van der Waals surface area contributed by atoms with E-state index in [0.29, 0.717) is 18.5 Å². The van der Waals surface area contributed by atoms with Crippen LogP contribution in [0.1, 0.15) is 25.7 Å². The highest BCUT2D eigenvalue weighted by Crippen LogP contribution is 2.16. The van der Waals surface area contributed by atoms with Gasteiger partial charge in [0.2, 0.25) is 5.91 Å². The molecule has 20 heavy (non-hydrogen) atoms. The van der Waals surface area contributed by atoms with E-state index in [2.05, 4.69) is 20.0 Å². The molecular formula is C15H28N4O. The molecule has 1 N–H and O–H groups in total. The summed E-state index contributed by atoms with van der Waals surface area (Å²) >= 11 is 0. The molecule has 3 saturated heterocycles. The van der Waals surface area contributed by atoms with Crippen molar-refractivity contribution in [3.8, 4) is 0 Å². The quantitative estimate of drug-likeness (QED) is 0.788. The van der Waals surface area contributed by atoms with Crippen molar-refractivity contribution in [1.29, 1.82) is 0 Å². The molecule has 114 valence electrons. The Bertz CT molecular complexity index is 316. The number of hydrogen-bond acceptors (Lipinski definition) is 4. The van der Waals surface area contributed by atoms with Crippen LogP contribution in [0.15, 0.2) is 0 Å². The van der Waals surface area contributed by atoms with Crippen LogP contribution < -0.4 is 5.32 Å². The minimum absolute atomic E-state index is 0.352. The maximum atomic E-state index is 12.3. The number of amides is 1. The monoisotopic (exact) mass is 280 g/mol. The molecule has 3 aliphatic rings. The van der Waals surface area contributed by atoms with Crippen molar-refractivity contribution in [2.45, 2.75) is 31.7 Å². The lowest BCUT2D eigenvalue weighted by molar-refractivity contribution is -0.134. The van der Waals surface area contributed by atoms with Gasteiger partial charge in [-0.05, 0) is 12.8 Å². The van der Waals surface area contributed by atoms with E-state index >= 15 is 0 Å². The molecule has 1 amide bonds. The van der Waals surface area contributed by atoms with Gasteiger partial charge in [-0.3, -0.25) is 14.6 Å². The van der Waals surface area contributed by atoms with Gasteiger partial charge in [0, 0.05) is 58.4 Å². The first-order chi connectivity index (χ1) is 9.83. The lowest BCUT2D eigenvalue weighted by Crippen LogP contribution is -2.63. The summed E-state index contributed by atoms with van der Waals surface area (Å²) in [5.41, 5.74) is 0. The van der Waals surface area contributed by atoms with Gasteiger partial charge in [0.15, 0.2) is 0 Å².